The van der Waals surface area contributed by atoms with Crippen LogP contribution in [0.1, 0.15) is 25.7 Å². The van der Waals surface area contributed by atoms with Crippen molar-refractivity contribution in [1.82, 2.24) is 4.98 Å². The molecule has 3 aromatic rings. The molecule has 0 bridgehead atoms. The normalized spacial score (nSPS) is 14.3. The lowest BCUT2D eigenvalue weighted by Gasteiger charge is -2.09. The van der Waals surface area contributed by atoms with Crippen molar-refractivity contribution in [3.8, 4) is 33.2 Å². The number of anilines is 1. The van der Waals surface area contributed by atoms with E-state index in [0.717, 1.165) is 33.5 Å². The molecule has 1 fully saturated rings. The van der Waals surface area contributed by atoms with E-state index in [2.05, 4.69) is 29.6 Å². The van der Waals surface area contributed by atoms with Crippen LogP contribution in [-0.4, -0.2) is 25.2 Å². The van der Waals surface area contributed by atoms with Crippen LogP contribution in [0.5, 0.6) is 11.5 Å². The molecule has 0 radical (unpaired) electrons. The molecule has 4 nitrogen and oxygen atoms in total. The van der Waals surface area contributed by atoms with Gasteiger partial charge in [-0.15, -0.1) is 0 Å². The van der Waals surface area contributed by atoms with Crippen molar-refractivity contribution in [3.05, 3.63) is 48.5 Å². The Bertz CT molecular complexity index is 817. The van der Waals surface area contributed by atoms with Gasteiger partial charge in [0, 0.05) is 11.6 Å². The Morgan fingerprint density at radius 2 is 1.41 bits per heavy atom. The molecule has 0 atom stereocenters. The van der Waals surface area contributed by atoms with Gasteiger partial charge in [0.15, 0.2) is 5.13 Å². The van der Waals surface area contributed by atoms with Crippen LogP contribution in [0, 0.1) is 0 Å². The van der Waals surface area contributed by atoms with Gasteiger partial charge in [-0.25, -0.2) is 4.98 Å². The van der Waals surface area contributed by atoms with Gasteiger partial charge in [-0.3, -0.25) is 0 Å². The fourth-order valence-corrected chi connectivity index (χ4v) is 4.58. The van der Waals surface area contributed by atoms with Gasteiger partial charge in [-0.1, -0.05) is 24.2 Å². The highest BCUT2D eigenvalue weighted by Gasteiger charge is 2.19. The lowest BCUT2D eigenvalue weighted by atomic mass is 10.1. The summed E-state index contributed by atoms with van der Waals surface area (Å²) in [6.07, 6.45) is 5.07. The van der Waals surface area contributed by atoms with Gasteiger partial charge < -0.3 is 14.8 Å². The molecule has 1 aliphatic rings. The van der Waals surface area contributed by atoms with Crippen LogP contribution in [0.25, 0.3) is 21.7 Å². The quantitative estimate of drug-likeness (QED) is 0.583. The van der Waals surface area contributed by atoms with Gasteiger partial charge >= 0.3 is 0 Å². The minimum absolute atomic E-state index is 0.545. The molecular weight excluding hydrogens is 356 g/mol. The fourth-order valence-electron chi connectivity index (χ4n) is 3.51. The molecule has 0 unspecified atom stereocenters. The zero-order valence-electron chi connectivity index (χ0n) is 15.7. The number of hydrogen-bond donors (Lipinski definition) is 1. The lowest BCUT2D eigenvalue weighted by molar-refractivity contribution is 0.414. The summed E-state index contributed by atoms with van der Waals surface area (Å²) in [6.45, 7) is 0. The SMILES string of the molecule is COc1ccc(-c2nc(NC3CCCC3)sc2-c2ccc(OC)cc2)cc1. The third-order valence-electron chi connectivity index (χ3n) is 5.03. The van der Waals surface area contributed by atoms with Gasteiger partial charge in [0.05, 0.1) is 24.8 Å². The number of thiazole rings is 1. The van der Waals surface area contributed by atoms with E-state index < -0.39 is 0 Å². The van der Waals surface area contributed by atoms with E-state index in [0.29, 0.717) is 6.04 Å². The van der Waals surface area contributed by atoms with Crippen LogP contribution in [0.15, 0.2) is 48.5 Å². The lowest BCUT2D eigenvalue weighted by Crippen LogP contribution is -2.13. The maximum Gasteiger partial charge on any atom is 0.184 e. The molecule has 1 aliphatic carbocycles. The zero-order valence-corrected chi connectivity index (χ0v) is 16.5. The Morgan fingerprint density at radius 3 is 1.96 bits per heavy atom. The van der Waals surface area contributed by atoms with Crippen molar-refractivity contribution < 1.29 is 9.47 Å². The molecule has 2 aromatic carbocycles. The van der Waals surface area contributed by atoms with E-state index in [9.17, 15) is 0 Å². The highest BCUT2D eigenvalue weighted by Crippen LogP contribution is 2.40. The number of benzene rings is 2. The highest BCUT2D eigenvalue weighted by molar-refractivity contribution is 7.19. The molecule has 0 saturated heterocycles. The summed E-state index contributed by atoms with van der Waals surface area (Å²) in [5.74, 6) is 1.71. The Kier molecular flexibility index (Phi) is 5.30. The number of methoxy groups -OCH3 is 2. The van der Waals surface area contributed by atoms with E-state index in [1.54, 1.807) is 25.6 Å². The van der Waals surface area contributed by atoms with Crippen molar-refractivity contribution in [2.45, 2.75) is 31.7 Å². The van der Waals surface area contributed by atoms with Crippen molar-refractivity contribution in [2.75, 3.05) is 19.5 Å². The predicted octanol–water partition coefficient (Wildman–Crippen LogP) is 5.85. The molecule has 1 aromatic heterocycles. The molecule has 1 saturated carbocycles. The first-order valence-corrected chi connectivity index (χ1v) is 10.1. The minimum Gasteiger partial charge on any atom is -0.497 e. The summed E-state index contributed by atoms with van der Waals surface area (Å²) in [5.41, 5.74) is 3.25. The van der Waals surface area contributed by atoms with Gasteiger partial charge in [0.2, 0.25) is 0 Å². The first kappa shape index (κ1) is 17.9. The first-order valence-electron chi connectivity index (χ1n) is 9.33. The second-order valence-electron chi connectivity index (χ2n) is 6.78. The Hall–Kier alpha value is -2.53. The van der Waals surface area contributed by atoms with E-state index in [1.165, 1.54) is 30.6 Å². The van der Waals surface area contributed by atoms with Crippen LogP contribution >= 0.6 is 11.3 Å². The predicted molar refractivity (Wildman–Crippen MR) is 112 cm³/mol. The van der Waals surface area contributed by atoms with Crippen LogP contribution in [0.3, 0.4) is 0 Å². The summed E-state index contributed by atoms with van der Waals surface area (Å²) in [7, 11) is 3.37. The molecule has 5 heteroatoms. The molecule has 1 heterocycles. The monoisotopic (exact) mass is 380 g/mol. The molecular formula is C22H24N2O2S. The molecule has 0 amide bonds. The third-order valence-corrected chi connectivity index (χ3v) is 6.06. The number of ether oxygens (including phenoxy) is 2. The van der Waals surface area contributed by atoms with E-state index in [1.807, 2.05) is 24.3 Å². The maximum atomic E-state index is 5.30. The second-order valence-corrected chi connectivity index (χ2v) is 7.78. The summed E-state index contributed by atoms with van der Waals surface area (Å²) < 4.78 is 10.6. The number of aromatic nitrogens is 1. The summed E-state index contributed by atoms with van der Waals surface area (Å²) in [6, 6.07) is 16.8. The molecule has 4 rings (SSSR count). The molecule has 140 valence electrons. The zero-order chi connectivity index (χ0) is 18.6. The Balaban J connectivity index is 1.72. The molecule has 0 spiro atoms. The molecule has 0 aliphatic heterocycles. The smallest absolute Gasteiger partial charge is 0.184 e. The summed E-state index contributed by atoms with van der Waals surface area (Å²) in [4.78, 5) is 6.12. The fraction of sp³-hybridized carbons (Fsp3) is 0.318. The molecule has 27 heavy (non-hydrogen) atoms. The Labute approximate surface area is 164 Å². The van der Waals surface area contributed by atoms with Crippen molar-refractivity contribution >= 4 is 16.5 Å². The van der Waals surface area contributed by atoms with Gasteiger partial charge in [-0.2, -0.15) is 0 Å². The van der Waals surface area contributed by atoms with E-state index >= 15 is 0 Å². The molecule has 1 N–H and O–H groups in total. The first-order chi connectivity index (χ1) is 13.3. The average Bonchev–Trinajstić information content (AvgIpc) is 3.38. The number of nitrogens with zero attached hydrogens (tertiary/aromatic N) is 1. The van der Waals surface area contributed by atoms with Crippen molar-refractivity contribution in [1.29, 1.82) is 0 Å². The number of nitrogens with one attached hydrogen (secondary N) is 1. The van der Waals surface area contributed by atoms with Gasteiger partial charge in [0.25, 0.3) is 0 Å². The Morgan fingerprint density at radius 1 is 0.852 bits per heavy atom. The van der Waals surface area contributed by atoms with Crippen LogP contribution in [0.2, 0.25) is 0 Å². The minimum atomic E-state index is 0.545. The largest absolute Gasteiger partial charge is 0.497 e. The third kappa shape index (κ3) is 3.93. The summed E-state index contributed by atoms with van der Waals surface area (Å²) in [5, 5.41) is 4.64. The second kappa shape index (κ2) is 8.01. The number of rotatable bonds is 6. The topological polar surface area (TPSA) is 43.4 Å². The maximum absolute atomic E-state index is 5.30. The van der Waals surface area contributed by atoms with Crippen molar-refractivity contribution in [3.63, 3.8) is 0 Å². The van der Waals surface area contributed by atoms with Crippen LogP contribution in [-0.2, 0) is 0 Å². The average molecular weight is 381 g/mol. The van der Waals surface area contributed by atoms with E-state index in [-0.39, 0.29) is 0 Å². The van der Waals surface area contributed by atoms with E-state index in [4.69, 9.17) is 14.5 Å². The van der Waals surface area contributed by atoms with Crippen LogP contribution < -0.4 is 14.8 Å². The standard InChI is InChI=1S/C22H24N2O2S/c1-25-18-11-7-15(8-12-18)20-21(16-9-13-19(26-2)14-10-16)27-22(24-20)23-17-5-3-4-6-17/h7-14,17H,3-6H2,1-2H3,(H,23,24). The number of hydrogen-bond acceptors (Lipinski definition) is 5. The van der Waals surface area contributed by atoms with Crippen LogP contribution in [0.4, 0.5) is 5.13 Å². The van der Waals surface area contributed by atoms with Crippen molar-refractivity contribution in [2.24, 2.45) is 0 Å². The van der Waals surface area contributed by atoms with Gasteiger partial charge in [-0.05, 0) is 66.9 Å². The highest BCUT2D eigenvalue weighted by atomic mass is 32.1. The summed E-state index contributed by atoms with van der Waals surface area (Å²) >= 11 is 1.72. The van der Waals surface area contributed by atoms with Gasteiger partial charge in [0.1, 0.15) is 11.5 Å².